The van der Waals surface area contributed by atoms with Crippen molar-refractivity contribution in [1.82, 2.24) is 5.23 Å². The Labute approximate surface area is 225 Å². The molecule has 0 amide bonds. The van der Waals surface area contributed by atoms with Gasteiger partial charge in [-0.05, 0) is 6.92 Å². The molecule has 2 heterocycles. The number of carbonyl (C=O) groups excluding carboxylic acids is 5. The van der Waals surface area contributed by atoms with E-state index in [9.17, 15) is 29.2 Å². The van der Waals surface area contributed by atoms with Crippen molar-refractivity contribution in [1.29, 1.82) is 5.26 Å². The van der Waals surface area contributed by atoms with Crippen molar-refractivity contribution in [2.24, 2.45) is 5.92 Å². The first kappa shape index (κ1) is 31.9. The first-order chi connectivity index (χ1) is 18.4. The third kappa shape index (κ3) is 9.43. The van der Waals surface area contributed by atoms with Crippen molar-refractivity contribution >= 4 is 29.8 Å². The first-order valence-corrected chi connectivity index (χ1v) is 12.3. The van der Waals surface area contributed by atoms with Crippen molar-refractivity contribution in [3.05, 3.63) is 0 Å². The van der Waals surface area contributed by atoms with E-state index in [1.165, 1.54) is 0 Å². The summed E-state index contributed by atoms with van der Waals surface area (Å²) in [5.74, 6) is -4.78. The maximum atomic E-state index is 12.3. The van der Waals surface area contributed by atoms with E-state index in [-0.39, 0.29) is 19.4 Å². The Morgan fingerprint density at radius 1 is 0.846 bits per heavy atom. The Hall–Kier alpha value is -3.32. The molecule has 0 aliphatic carbocycles. The first-order valence-electron chi connectivity index (χ1n) is 12.3. The zero-order valence-electron chi connectivity index (χ0n) is 22.6. The number of carbonyl (C=O) groups is 5. The summed E-state index contributed by atoms with van der Waals surface area (Å²) in [7, 11) is 0. The normalized spacial score (nSPS) is 25.6. The predicted octanol–water partition coefficient (Wildman–Crippen LogP) is 0.488. The number of esters is 5. The van der Waals surface area contributed by atoms with Crippen LogP contribution in [-0.4, -0.2) is 91.1 Å². The van der Waals surface area contributed by atoms with Crippen LogP contribution < -0.4 is 0 Å². The van der Waals surface area contributed by atoms with Crippen LogP contribution in [0, 0.1) is 17.2 Å². The summed E-state index contributed by atoms with van der Waals surface area (Å²) >= 11 is 0. The summed E-state index contributed by atoms with van der Waals surface area (Å²) in [6.07, 6.45) is -7.55. The molecule has 0 radical (unpaired) electrons. The minimum absolute atomic E-state index is 0.0845. The number of fused-ring (bicyclic) bond motifs is 1. The van der Waals surface area contributed by atoms with Gasteiger partial charge in [0.1, 0.15) is 12.7 Å². The molecule has 0 saturated carbocycles. The maximum absolute atomic E-state index is 12.3. The van der Waals surface area contributed by atoms with Gasteiger partial charge < -0.3 is 28.4 Å². The lowest BCUT2D eigenvalue weighted by Crippen LogP contribution is -2.59. The van der Waals surface area contributed by atoms with Crippen LogP contribution in [-0.2, 0) is 62.1 Å². The van der Waals surface area contributed by atoms with Crippen LogP contribution in [0.4, 0.5) is 0 Å². The molecule has 0 bridgehead atoms. The Morgan fingerprint density at radius 3 is 1.95 bits per heavy atom. The smallest absolute Gasteiger partial charge is 0.303 e. The molecule has 0 aromatic carbocycles. The van der Waals surface area contributed by atoms with Gasteiger partial charge in [-0.3, -0.25) is 28.8 Å². The van der Waals surface area contributed by atoms with E-state index in [4.69, 9.17) is 38.1 Å². The highest BCUT2D eigenvalue weighted by Gasteiger charge is 2.55. The molecule has 2 aliphatic heterocycles. The topological polar surface area (TPSA) is 186 Å². The van der Waals surface area contributed by atoms with Gasteiger partial charge in [0.15, 0.2) is 30.7 Å². The average molecular weight is 559 g/mol. The van der Waals surface area contributed by atoms with Crippen molar-refractivity contribution in [3.63, 3.8) is 0 Å². The summed E-state index contributed by atoms with van der Waals surface area (Å²) in [5, 5.41) is 10.5. The van der Waals surface area contributed by atoms with Crippen LogP contribution in [0.15, 0.2) is 0 Å². The highest BCUT2D eigenvalue weighted by Crippen LogP contribution is 2.40. The summed E-state index contributed by atoms with van der Waals surface area (Å²) < 4.78 is 32.6. The van der Waals surface area contributed by atoms with Crippen LogP contribution in [0.1, 0.15) is 54.4 Å². The van der Waals surface area contributed by atoms with Crippen LogP contribution in [0.2, 0.25) is 0 Å². The fourth-order valence-electron chi connectivity index (χ4n) is 4.50. The summed E-state index contributed by atoms with van der Waals surface area (Å²) in [6, 6.07) is 1.30. The minimum atomic E-state index is -1.59. The number of hydrogen-bond acceptors (Lipinski definition) is 15. The fraction of sp³-hybridized carbons (Fsp3) is 0.750. The molecule has 15 nitrogen and oxygen atoms in total. The highest BCUT2D eigenvalue weighted by atomic mass is 17.0. The average Bonchev–Trinajstić information content (AvgIpc) is 3.25. The number of rotatable bonds is 12. The molecule has 2 rings (SSSR count). The zero-order valence-corrected chi connectivity index (χ0v) is 22.6. The lowest BCUT2D eigenvalue weighted by atomic mass is 9.82. The molecule has 8 atom stereocenters. The van der Waals surface area contributed by atoms with Gasteiger partial charge in [-0.2, -0.15) is 5.26 Å². The van der Waals surface area contributed by atoms with Crippen molar-refractivity contribution in [2.75, 3.05) is 13.2 Å². The lowest BCUT2D eigenvalue weighted by molar-refractivity contribution is -0.443. The molecule has 2 aliphatic rings. The van der Waals surface area contributed by atoms with E-state index in [1.54, 1.807) is 6.92 Å². The van der Waals surface area contributed by atoms with Crippen molar-refractivity contribution < 1.29 is 62.1 Å². The molecule has 15 heteroatoms. The van der Waals surface area contributed by atoms with Gasteiger partial charge in [0.2, 0.25) is 0 Å². The number of hydrogen-bond donors (Lipinski definition) is 0. The second-order valence-corrected chi connectivity index (χ2v) is 8.87. The molecular formula is C24H34N2O13. The molecule has 1 unspecified atom stereocenters. The Bertz CT molecular complexity index is 951. The van der Waals surface area contributed by atoms with Gasteiger partial charge in [-0.25, -0.2) is 4.84 Å². The number of nitrogens with zero attached hydrogens (tertiary/aromatic N) is 2. The largest absolute Gasteiger partial charge is 0.462 e. The molecular weight excluding hydrogens is 524 g/mol. The van der Waals surface area contributed by atoms with E-state index < -0.39 is 85.2 Å². The summed E-state index contributed by atoms with van der Waals surface area (Å²) in [5.41, 5.74) is 0. The molecule has 218 valence electrons. The van der Waals surface area contributed by atoms with Crippen LogP contribution in [0.5, 0.6) is 0 Å². The maximum Gasteiger partial charge on any atom is 0.303 e. The van der Waals surface area contributed by atoms with Gasteiger partial charge in [0.05, 0.1) is 12.1 Å². The molecule has 0 N–H and O–H groups in total. The number of ether oxygens (including phenoxy) is 6. The Kier molecular flexibility index (Phi) is 12.0. The highest BCUT2D eigenvalue weighted by molar-refractivity contribution is 5.69. The van der Waals surface area contributed by atoms with Gasteiger partial charge in [-0.15, -0.1) is 0 Å². The fourth-order valence-corrected chi connectivity index (χ4v) is 4.50. The van der Waals surface area contributed by atoms with Crippen molar-refractivity contribution in [3.8, 4) is 6.07 Å². The van der Waals surface area contributed by atoms with E-state index in [0.717, 1.165) is 39.8 Å². The van der Waals surface area contributed by atoms with Crippen molar-refractivity contribution in [2.45, 2.75) is 97.2 Å². The van der Waals surface area contributed by atoms with Gasteiger partial charge in [0, 0.05) is 60.0 Å². The second kappa shape index (κ2) is 14.7. The number of hydroxylamine groups is 2. The van der Waals surface area contributed by atoms with E-state index in [2.05, 4.69) is 0 Å². The Balaban J connectivity index is 2.63. The third-order valence-corrected chi connectivity index (χ3v) is 5.74. The monoisotopic (exact) mass is 558 g/mol. The standard InChI is InChI=1S/C24H34N2O13/c1-7-32-21-9-18(19-8-17(10-25)38-26(19)39-21)22(35-14(4)29)24(37-16(6)31)23(36-15(5)30)20(34-13(3)28)11-33-12(2)27/h17-24H,7-9,11H2,1-6H3/t17-,18+,19-,20-,21+,22?,23+,24-/m1/s1. The molecule has 39 heavy (non-hydrogen) atoms. The SMILES string of the molecule is CCO[C@@H]1C[C@H](C(OC(C)=O)[C@@H](OC(C)=O)[C@@H](OC(C)=O)[C@@H](COC(C)=O)OC(C)=O)[C@H]2C[C@H](C#N)ON2O1. The van der Waals surface area contributed by atoms with Gasteiger partial charge >= 0.3 is 29.8 Å². The minimum Gasteiger partial charge on any atom is -0.462 e. The lowest BCUT2D eigenvalue weighted by Gasteiger charge is -2.44. The molecule has 2 saturated heterocycles. The van der Waals surface area contributed by atoms with E-state index >= 15 is 0 Å². The van der Waals surface area contributed by atoms with E-state index in [1.807, 2.05) is 6.07 Å². The quantitative estimate of drug-likeness (QED) is 0.238. The molecule has 0 spiro atoms. The van der Waals surface area contributed by atoms with E-state index in [0.29, 0.717) is 0 Å². The summed E-state index contributed by atoms with van der Waals surface area (Å²) in [4.78, 5) is 71.5. The predicted molar refractivity (Wildman–Crippen MR) is 124 cm³/mol. The molecule has 0 aromatic heterocycles. The van der Waals surface area contributed by atoms with Crippen LogP contribution >= 0.6 is 0 Å². The second-order valence-electron chi connectivity index (χ2n) is 8.87. The van der Waals surface area contributed by atoms with Crippen LogP contribution in [0.3, 0.4) is 0 Å². The zero-order chi connectivity index (χ0) is 29.3. The number of nitriles is 1. The van der Waals surface area contributed by atoms with Gasteiger partial charge in [0.25, 0.3) is 0 Å². The molecule has 0 aromatic rings. The summed E-state index contributed by atoms with van der Waals surface area (Å²) in [6.45, 7) is 6.88. The van der Waals surface area contributed by atoms with Gasteiger partial charge in [-0.1, -0.05) is 5.23 Å². The molecule has 2 fully saturated rings. The van der Waals surface area contributed by atoms with Crippen LogP contribution in [0.25, 0.3) is 0 Å². The third-order valence-electron chi connectivity index (χ3n) is 5.74. The Morgan fingerprint density at radius 2 is 1.44 bits per heavy atom.